The van der Waals surface area contributed by atoms with Crippen molar-refractivity contribution in [1.29, 1.82) is 0 Å². The van der Waals surface area contributed by atoms with Crippen LogP contribution in [0, 0.1) is 0 Å². The van der Waals surface area contributed by atoms with E-state index in [9.17, 15) is 0 Å². The van der Waals surface area contributed by atoms with Crippen molar-refractivity contribution in [3.05, 3.63) is 132 Å². The van der Waals surface area contributed by atoms with Crippen molar-refractivity contribution >= 4 is 43.0 Å². The highest BCUT2D eigenvalue weighted by molar-refractivity contribution is 6.96. The smallest absolute Gasteiger partial charge is 0.244 e. The normalized spacial score (nSPS) is 14.7. The van der Waals surface area contributed by atoms with Gasteiger partial charge in [0.1, 0.15) is 14.9 Å². The van der Waals surface area contributed by atoms with Gasteiger partial charge in [-0.05, 0) is 45.2 Å². The Balaban J connectivity index is 1.67. The Morgan fingerprint density at radius 1 is 0.606 bits per heavy atom. The van der Waals surface area contributed by atoms with Gasteiger partial charge in [-0.2, -0.15) is 0 Å². The molecule has 2 aliphatic heterocycles. The van der Waals surface area contributed by atoms with Gasteiger partial charge in [-0.15, -0.1) is 0 Å². The van der Waals surface area contributed by atoms with Crippen LogP contribution in [-0.4, -0.2) is 31.2 Å². The molecule has 152 valence electrons. The molecule has 2 radical (unpaired) electrons. The lowest BCUT2D eigenvalue weighted by Crippen LogP contribution is -2.65. The Hall–Kier alpha value is -3.83. The number of aromatic nitrogens is 3. The summed E-state index contributed by atoms with van der Waals surface area (Å²) in [6, 6.07) is 30.3. The van der Waals surface area contributed by atoms with Gasteiger partial charge in [0.25, 0.3) is 0 Å². The van der Waals surface area contributed by atoms with Gasteiger partial charge in [0.15, 0.2) is 0 Å². The third-order valence-electron chi connectivity index (χ3n) is 6.97. The van der Waals surface area contributed by atoms with Gasteiger partial charge in [-0.1, -0.05) is 77.7 Å². The molecule has 0 bridgehead atoms. The second-order valence-corrected chi connectivity index (χ2v) is 9.90. The van der Waals surface area contributed by atoms with Gasteiger partial charge in [0.05, 0.1) is 11.4 Å². The van der Waals surface area contributed by atoms with Gasteiger partial charge >= 0.3 is 0 Å². The summed E-state index contributed by atoms with van der Waals surface area (Å²) in [5.74, 6) is 0. The fraction of sp³-hybridized carbons (Fsp3) is 0.0357. The van der Waals surface area contributed by atoms with Crippen LogP contribution in [0.5, 0.6) is 0 Å². The average molecular weight is 435 g/mol. The quantitative estimate of drug-likeness (QED) is 0.362. The van der Waals surface area contributed by atoms with E-state index >= 15 is 0 Å². The number of hydrogen-bond acceptors (Lipinski definition) is 3. The van der Waals surface area contributed by atoms with Crippen LogP contribution in [0.2, 0.25) is 0 Å². The molecular weight excluding hydrogens is 417 g/mol. The maximum atomic E-state index is 5.04. The third-order valence-corrected chi connectivity index (χ3v) is 8.32. The van der Waals surface area contributed by atoms with Crippen LogP contribution in [0.25, 0.3) is 0 Å². The first kappa shape index (κ1) is 18.7. The molecule has 0 unspecified atom stereocenters. The zero-order chi connectivity index (χ0) is 21.8. The molecule has 0 atom stereocenters. The van der Waals surface area contributed by atoms with Crippen molar-refractivity contribution in [2.75, 3.05) is 0 Å². The van der Waals surface area contributed by atoms with E-state index in [1.165, 1.54) is 37.9 Å². The number of pyridine rings is 3. The minimum Gasteiger partial charge on any atom is -0.265 e. The number of benzene rings is 2. The maximum absolute atomic E-state index is 5.04. The van der Waals surface area contributed by atoms with Crippen molar-refractivity contribution in [2.45, 2.75) is 5.41 Å². The lowest BCUT2D eigenvalue weighted by Gasteiger charge is -2.45. The van der Waals surface area contributed by atoms with Crippen molar-refractivity contribution in [2.24, 2.45) is 0 Å². The molecule has 0 fully saturated rings. The molecule has 0 amide bonds. The summed E-state index contributed by atoms with van der Waals surface area (Å²) in [5.41, 5.74) is 7.93. The molecule has 3 nitrogen and oxygen atoms in total. The number of fused-ring (bicyclic) bond motifs is 8. The van der Waals surface area contributed by atoms with Crippen molar-refractivity contribution in [3.8, 4) is 0 Å². The standard InChI is InChI=1S/C28H18BN3Si/c1-2-8-19(9-3-1)29-22-11-5-4-10-20(22)28(21-14-17-30-18-23(21)29)26-24(12-6-15-31-26)33-25-13-7-16-32-27(25)28/h1-18H. The van der Waals surface area contributed by atoms with Gasteiger partial charge < -0.3 is 0 Å². The minimum atomic E-state index is -0.557. The Bertz CT molecular complexity index is 1420. The molecule has 7 rings (SSSR count). The van der Waals surface area contributed by atoms with E-state index in [4.69, 9.17) is 9.97 Å². The molecular formula is C28H18BN3Si. The van der Waals surface area contributed by atoms with Crippen LogP contribution >= 0.6 is 0 Å². The molecule has 0 saturated heterocycles. The topological polar surface area (TPSA) is 38.7 Å². The predicted octanol–water partition coefficient (Wildman–Crippen LogP) is 1.05. The predicted molar refractivity (Wildman–Crippen MR) is 134 cm³/mol. The molecule has 2 aromatic carbocycles. The summed E-state index contributed by atoms with van der Waals surface area (Å²) in [4.78, 5) is 14.7. The molecule has 0 saturated carbocycles. The van der Waals surface area contributed by atoms with Gasteiger partial charge in [0, 0.05) is 24.8 Å². The highest BCUT2D eigenvalue weighted by Gasteiger charge is 2.52. The molecule has 33 heavy (non-hydrogen) atoms. The third kappa shape index (κ3) is 2.48. The monoisotopic (exact) mass is 435 g/mol. The lowest BCUT2D eigenvalue weighted by atomic mass is 9.31. The first-order valence-corrected chi connectivity index (χ1v) is 12.2. The van der Waals surface area contributed by atoms with E-state index in [0.717, 1.165) is 11.4 Å². The first-order valence-electron chi connectivity index (χ1n) is 11.2. The molecule has 5 aromatic rings. The fourth-order valence-corrected chi connectivity index (χ4v) is 7.15. The maximum Gasteiger partial charge on any atom is 0.244 e. The highest BCUT2D eigenvalue weighted by Crippen LogP contribution is 2.43. The molecule has 2 aliphatic rings. The second-order valence-electron chi connectivity index (χ2n) is 8.57. The van der Waals surface area contributed by atoms with Crippen LogP contribution in [0.4, 0.5) is 0 Å². The average Bonchev–Trinajstić information content (AvgIpc) is 2.89. The van der Waals surface area contributed by atoms with E-state index in [-0.39, 0.29) is 6.71 Å². The van der Waals surface area contributed by atoms with E-state index in [1.807, 2.05) is 24.8 Å². The first-order chi connectivity index (χ1) is 16.4. The highest BCUT2D eigenvalue weighted by atomic mass is 28.2. The molecule has 0 N–H and O–H groups in total. The summed E-state index contributed by atoms with van der Waals surface area (Å²) in [6.07, 6.45) is 7.81. The molecule has 0 aliphatic carbocycles. The zero-order valence-electron chi connectivity index (χ0n) is 17.8. The van der Waals surface area contributed by atoms with Crippen LogP contribution in [-0.2, 0) is 5.41 Å². The summed E-state index contributed by atoms with van der Waals surface area (Å²) < 4.78 is 0. The van der Waals surface area contributed by atoms with Gasteiger partial charge in [-0.3, -0.25) is 15.0 Å². The lowest BCUT2D eigenvalue weighted by molar-refractivity contribution is 0.698. The number of rotatable bonds is 1. The molecule has 1 spiro atoms. The van der Waals surface area contributed by atoms with Gasteiger partial charge in [-0.25, -0.2) is 0 Å². The summed E-state index contributed by atoms with van der Waals surface area (Å²) >= 11 is 0. The SMILES string of the molecule is c1ccc(B2c3ccccc3C3(c4ccncc42)c2ncccc2[Si]c2cccnc23)cc1. The second kappa shape index (κ2) is 7.09. The number of hydrogen-bond donors (Lipinski definition) is 0. The van der Waals surface area contributed by atoms with Crippen molar-refractivity contribution in [1.82, 2.24) is 15.0 Å². The summed E-state index contributed by atoms with van der Waals surface area (Å²) in [6.45, 7) is 0.112. The molecule has 5 heteroatoms. The molecule has 3 aromatic heterocycles. The zero-order valence-corrected chi connectivity index (χ0v) is 18.8. The minimum absolute atomic E-state index is 0.112. The van der Waals surface area contributed by atoms with E-state index in [2.05, 4.69) is 89.9 Å². The van der Waals surface area contributed by atoms with Gasteiger partial charge in [0.2, 0.25) is 6.71 Å². The fourth-order valence-electron chi connectivity index (χ4n) is 5.76. The van der Waals surface area contributed by atoms with E-state index in [1.54, 1.807) is 0 Å². The molecule has 5 heterocycles. The summed E-state index contributed by atoms with van der Waals surface area (Å²) in [7, 11) is 0.543. The van der Waals surface area contributed by atoms with Crippen LogP contribution in [0.3, 0.4) is 0 Å². The van der Waals surface area contributed by atoms with Crippen LogP contribution in [0.15, 0.2) is 110 Å². The Labute approximate surface area is 195 Å². The largest absolute Gasteiger partial charge is 0.265 e. The van der Waals surface area contributed by atoms with E-state index in [0.29, 0.717) is 9.52 Å². The van der Waals surface area contributed by atoms with Crippen molar-refractivity contribution in [3.63, 3.8) is 0 Å². The Morgan fingerprint density at radius 3 is 2.03 bits per heavy atom. The van der Waals surface area contributed by atoms with Crippen LogP contribution < -0.4 is 26.8 Å². The summed E-state index contributed by atoms with van der Waals surface area (Å²) in [5, 5.41) is 2.57. The number of nitrogens with zero attached hydrogens (tertiary/aromatic N) is 3. The van der Waals surface area contributed by atoms with Crippen LogP contribution in [0.1, 0.15) is 22.5 Å². The van der Waals surface area contributed by atoms with Crippen molar-refractivity contribution < 1.29 is 0 Å². The van der Waals surface area contributed by atoms with E-state index < -0.39 is 5.41 Å². The Kier molecular flexibility index (Phi) is 4.02. The Morgan fingerprint density at radius 2 is 1.27 bits per heavy atom.